The first kappa shape index (κ1) is 13.9. The monoisotopic (exact) mass is 275 g/mol. The Morgan fingerprint density at radius 3 is 2.63 bits per heavy atom. The van der Waals surface area contributed by atoms with Gasteiger partial charge in [0, 0.05) is 22.8 Å². The lowest BCUT2D eigenvalue weighted by Gasteiger charge is -2.15. The van der Waals surface area contributed by atoms with Gasteiger partial charge in [0.25, 0.3) is 0 Å². The highest BCUT2D eigenvalue weighted by Crippen LogP contribution is 2.23. The second-order valence-electron chi connectivity index (χ2n) is 4.69. The largest absolute Gasteiger partial charge is 0.389 e. The minimum atomic E-state index is -0.477. The van der Waals surface area contributed by atoms with Crippen LogP contribution >= 0.6 is 11.6 Å². The standard InChI is InChI=1S/C16H18ClNO/c1-11-9-14(17)8-7-13(11)10-18-16-6-4-3-5-15(16)12(2)19/h3-9,12,18-19H,10H2,1-2H3. The van der Waals surface area contributed by atoms with Crippen LogP contribution in [0.15, 0.2) is 42.5 Å². The van der Waals surface area contributed by atoms with Gasteiger partial charge in [-0.05, 0) is 43.2 Å². The first-order valence-electron chi connectivity index (χ1n) is 6.34. The second-order valence-corrected chi connectivity index (χ2v) is 5.12. The molecule has 0 aliphatic rings. The summed E-state index contributed by atoms with van der Waals surface area (Å²) in [7, 11) is 0. The molecular formula is C16H18ClNO. The Bertz CT molecular complexity index is 566. The molecule has 0 radical (unpaired) electrons. The van der Waals surface area contributed by atoms with Crippen molar-refractivity contribution in [2.45, 2.75) is 26.5 Å². The van der Waals surface area contributed by atoms with Gasteiger partial charge in [-0.2, -0.15) is 0 Å². The van der Waals surface area contributed by atoms with Gasteiger partial charge < -0.3 is 10.4 Å². The van der Waals surface area contributed by atoms with Crippen molar-refractivity contribution in [3.8, 4) is 0 Å². The van der Waals surface area contributed by atoms with Gasteiger partial charge in [0.05, 0.1) is 6.10 Å². The first-order chi connectivity index (χ1) is 9.08. The highest BCUT2D eigenvalue weighted by atomic mass is 35.5. The second kappa shape index (κ2) is 6.09. The summed E-state index contributed by atoms with van der Waals surface area (Å²) in [6.07, 6.45) is -0.477. The lowest BCUT2D eigenvalue weighted by atomic mass is 10.1. The van der Waals surface area contributed by atoms with Crippen LogP contribution in [-0.2, 0) is 6.54 Å². The van der Waals surface area contributed by atoms with E-state index in [4.69, 9.17) is 11.6 Å². The average molecular weight is 276 g/mol. The fourth-order valence-corrected chi connectivity index (χ4v) is 2.30. The molecule has 0 amide bonds. The molecule has 19 heavy (non-hydrogen) atoms. The van der Waals surface area contributed by atoms with E-state index in [1.807, 2.05) is 49.4 Å². The number of nitrogens with one attached hydrogen (secondary N) is 1. The third-order valence-corrected chi connectivity index (χ3v) is 3.42. The zero-order chi connectivity index (χ0) is 13.8. The summed E-state index contributed by atoms with van der Waals surface area (Å²) in [5.41, 5.74) is 4.24. The molecule has 1 atom stereocenters. The minimum absolute atomic E-state index is 0.477. The Hall–Kier alpha value is -1.51. The van der Waals surface area contributed by atoms with E-state index >= 15 is 0 Å². The van der Waals surface area contributed by atoms with Gasteiger partial charge in [-0.15, -0.1) is 0 Å². The van der Waals surface area contributed by atoms with Crippen molar-refractivity contribution in [3.05, 3.63) is 64.2 Å². The minimum Gasteiger partial charge on any atom is -0.389 e. The van der Waals surface area contributed by atoms with Crippen LogP contribution in [0.4, 0.5) is 5.69 Å². The number of aryl methyl sites for hydroxylation is 1. The molecule has 2 N–H and O–H groups in total. The average Bonchev–Trinajstić information content (AvgIpc) is 2.38. The highest BCUT2D eigenvalue weighted by Gasteiger charge is 2.07. The summed E-state index contributed by atoms with van der Waals surface area (Å²) < 4.78 is 0. The molecule has 0 aliphatic heterocycles. The molecule has 0 fully saturated rings. The summed E-state index contributed by atoms with van der Waals surface area (Å²) in [4.78, 5) is 0. The smallest absolute Gasteiger partial charge is 0.0781 e. The van der Waals surface area contributed by atoms with E-state index in [9.17, 15) is 5.11 Å². The van der Waals surface area contributed by atoms with E-state index in [0.29, 0.717) is 6.54 Å². The molecule has 0 saturated heterocycles. The number of rotatable bonds is 4. The predicted octanol–water partition coefficient (Wildman–Crippen LogP) is 4.31. The lowest BCUT2D eigenvalue weighted by Crippen LogP contribution is -2.05. The van der Waals surface area contributed by atoms with Crippen LogP contribution in [0.5, 0.6) is 0 Å². The first-order valence-corrected chi connectivity index (χ1v) is 6.71. The summed E-state index contributed by atoms with van der Waals surface area (Å²) in [6.45, 7) is 4.53. The molecule has 0 bridgehead atoms. The molecule has 0 heterocycles. The molecule has 100 valence electrons. The molecule has 0 aliphatic carbocycles. The van der Waals surface area contributed by atoms with E-state index in [1.165, 1.54) is 5.56 Å². The van der Waals surface area contributed by atoms with Crippen LogP contribution in [0.2, 0.25) is 5.02 Å². The molecule has 2 aromatic carbocycles. The van der Waals surface area contributed by atoms with Gasteiger partial charge in [-0.1, -0.05) is 35.9 Å². The number of halogens is 1. The molecule has 0 aromatic heterocycles. The highest BCUT2D eigenvalue weighted by molar-refractivity contribution is 6.30. The van der Waals surface area contributed by atoms with Gasteiger partial charge in [-0.25, -0.2) is 0 Å². The van der Waals surface area contributed by atoms with Crippen LogP contribution in [0, 0.1) is 6.92 Å². The van der Waals surface area contributed by atoms with Crippen LogP contribution in [-0.4, -0.2) is 5.11 Å². The number of hydrogen-bond donors (Lipinski definition) is 2. The van der Waals surface area contributed by atoms with E-state index in [2.05, 4.69) is 5.32 Å². The van der Waals surface area contributed by atoms with Crippen molar-refractivity contribution in [1.29, 1.82) is 0 Å². The maximum atomic E-state index is 9.74. The summed E-state index contributed by atoms with van der Waals surface area (Å²) in [5.74, 6) is 0. The normalized spacial score (nSPS) is 12.2. The third kappa shape index (κ3) is 3.49. The predicted molar refractivity (Wildman–Crippen MR) is 80.6 cm³/mol. The van der Waals surface area contributed by atoms with Crippen LogP contribution in [0.3, 0.4) is 0 Å². The lowest BCUT2D eigenvalue weighted by molar-refractivity contribution is 0.200. The van der Waals surface area contributed by atoms with Gasteiger partial charge in [-0.3, -0.25) is 0 Å². The molecule has 0 spiro atoms. The van der Waals surface area contributed by atoms with Crippen LogP contribution in [0.25, 0.3) is 0 Å². The Morgan fingerprint density at radius 1 is 1.21 bits per heavy atom. The van der Waals surface area contributed by atoms with Gasteiger partial charge in [0.2, 0.25) is 0 Å². The van der Waals surface area contributed by atoms with Crippen LogP contribution in [0.1, 0.15) is 29.7 Å². The van der Waals surface area contributed by atoms with Crippen molar-refractivity contribution in [3.63, 3.8) is 0 Å². The molecule has 3 heteroatoms. The Kier molecular flexibility index (Phi) is 4.46. The zero-order valence-corrected chi connectivity index (χ0v) is 11.9. The number of anilines is 1. The SMILES string of the molecule is Cc1cc(Cl)ccc1CNc1ccccc1C(C)O. The maximum absolute atomic E-state index is 9.74. The van der Waals surface area contributed by atoms with Gasteiger partial charge in [0.15, 0.2) is 0 Å². The van der Waals surface area contributed by atoms with Gasteiger partial charge in [0.1, 0.15) is 0 Å². The molecule has 0 saturated carbocycles. The zero-order valence-electron chi connectivity index (χ0n) is 11.2. The third-order valence-electron chi connectivity index (χ3n) is 3.18. The summed E-state index contributed by atoms with van der Waals surface area (Å²) >= 11 is 5.95. The van der Waals surface area contributed by atoms with E-state index < -0.39 is 6.10 Å². The molecule has 1 unspecified atom stereocenters. The van der Waals surface area contributed by atoms with E-state index in [-0.39, 0.29) is 0 Å². The summed E-state index contributed by atoms with van der Waals surface area (Å²) in [5, 5.41) is 13.9. The molecular weight excluding hydrogens is 258 g/mol. The molecule has 2 rings (SSSR count). The van der Waals surface area contributed by atoms with E-state index in [1.54, 1.807) is 6.92 Å². The van der Waals surface area contributed by atoms with Gasteiger partial charge >= 0.3 is 0 Å². The number of benzene rings is 2. The van der Waals surface area contributed by atoms with Crippen molar-refractivity contribution in [1.82, 2.24) is 0 Å². The number of hydrogen-bond acceptors (Lipinski definition) is 2. The Labute approximate surface area is 119 Å². The van der Waals surface area contributed by atoms with Crippen molar-refractivity contribution in [2.75, 3.05) is 5.32 Å². The summed E-state index contributed by atoms with van der Waals surface area (Å²) in [6, 6.07) is 13.7. The van der Waals surface area contributed by atoms with E-state index in [0.717, 1.165) is 21.8 Å². The Morgan fingerprint density at radius 2 is 1.95 bits per heavy atom. The number of aliphatic hydroxyl groups is 1. The number of aliphatic hydroxyl groups excluding tert-OH is 1. The maximum Gasteiger partial charge on any atom is 0.0781 e. The topological polar surface area (TPSA) is 32.3 Å². The molecule has 2 aromatic rings. The van der Waals surface area contributed by atoms with Crippen LogP contribution < -0.4 is 5.32 Å². The fraction of sp³-hybridized carbons (Fsp3) is 0.250. The van der Waals surface area contributed by atoms with Crippen molar-refractivity contribution in [2.24, 2.45) is 0 Å². The Balaban J connectivity index is 2.14. The fourth-order valence-electron chi connectivity index (χ4n) is 2.07. The molecule has 2 nitrogen and oxygen atoms in total. The quantitative estimate of drug-likeness (QED) is 0.871. The van der Waals surface area contributed by atoms with Crippen molar-refractivity contribution >= 4 is 17.3 Å². The number of para-hydroxylation sites is 1. The van der Waals surface area contributed by atoms with Crippen molar-refractivity contribution < 1.29 is 5.11 Å².